The minimum Gasteiger partial charge on any atom is -0.448 e. The van der Waals surface area contributed by atoms with Crippen molar-refractivity contribution in [3.63, 3.8) is 0 Å². The molecule has 164 valence electrons. The number of anilines is 2. The van der Waals surface area contributed by atoms with E-state index < -0.39 is 5.79 Å². The number of hydrogen-bond acceptors (Lipinski definition) is 5. The van der Waals surface area contributed by atoms with Gasteiger partial charge in [0.2, 0.25) is 5.91 Å². The van der Waals surface area contributed by atoms with Gasteiger partial charge in [-0.05, 0) is 49.2 Å². The van der Waals surface area contributed by atoms with Crippen LogP contribution in [-0.2, 0) is 4.79 Å². The molecule has 31 heavy (non-hydrogen) atoms. The van der Waals surface area contributed by atoms with Crippen LogP contribution in [0.15, 0.2) is 42.5 Å². The topological polar surface area (TPSA) is 54.0 Å². The largest absolute Gasteiger partial charge is 0.448 e. The summed E-state index contributed by atoms with van der Waals surface area (Å²) in [4.78, 5) is 16.9. The van der Waals surface area contributed by atoms with Crippen molar-refractivity contribution >= 4 is 17.3 Å². The lowest BCUT2D eigenvalue weighted by Crippen LogP contribution is -2.48. The summed E-state index contributed by atoms with van der Waals surface area (Å²) in [6, 6.07) is 12.2. The highest BCUT2D eigenvalue weighted by atomic mass is 19.1. The fourth-order valence-electron chi connectivity index (χ4n) is 4.69. The van der Waals surface area contributed by atoms with Crippen LogP contribution in [0, 0.1) is 5.82 Å². The van der Waals surface area contributed by atoms with Gasteiger partial charge in [-0.2, -0.15) is 0 Å². The molecule has 3 aliphatic rings. The average Bonchev–Trinajstić information content (AvgIpc) is 3.12. The zero-order valence-electron chi connectivity index (χ0n) is 17.6. The molecule has 2 fully saturated rings. The smallest absolute Gasteiger partial charge is 0.251 e. The van der Waals surface area contributed by atoms with Crippen LogP contribution in [0.3, 0.4) is 0 Å². The Bertz CT molecular complexity index is 936. The quantitative estimate of drug-likeness (QED) is 0.802. The van der Waals surface area contributed by atoms with Gasteiger partial charge in [-0.25, -0.2) is 4.39 Å². The summed E-state index contributed by atoms with van der Waals surface area (Å²) >= 11 is 0. The Morgan fingerprint density at radius 2 is 1.65 bits per heavy atom. The highest BCUT2D eigenvalue weighted by Gasteiger charge is 2.42. The molecule has 7 heteroatoms. The third-order valence-electron chi connectivity index (χ3n) is 6.37. The zero-order valence-corrected chi connectivity index (χ0v) is 17.6. The monoisotopic (exact) mass is 425 g/mol. The number of carbonyl (C=O) groups is 1. The first-order valence-corrected chi connectivity index (χ1v) is 11.1. The molecule has 1 saturated heterocycles. The molecular formula is C24H28FN3O3. The number of carbonyl (C=O) groups excluding carboxylic acids is 1. The molecule has 1 aliphatic carbocycles. The van der Waals surface area contributed by atoms with Crippen LogP contribution >= 0.6 is 0 Å². The Hall–Kier alpha value is -2.80. The molecule has 0 aromatic heterocycles. The Morgan fingerprint density at radius 1 is 0.935 bits per heavy atom. The van der Waals surface area contributed by atoms with Crippen LogP contribution in [0.1, 0.15) is 32.1 Å². The maximum atomic E-state index is 13.1. The second-order valence-corrected chi connectivity index (χ2v) is 8.62. The Balaban J connectivity index is 1.13. The molecule has 2 aromatic rings. The highest BCUT2D eigenvalue weighted by Crippen LogP contribution is 2.46. The average molecular weight is 426 g/mol. The van der Waals surface area contributed by atoms with Crippen molar-refractivity contribution in [1.82, 2.24) is 4.90 Å². The van der Waals surface area contributed by atoms with Gasteiger partial charge in [-0.3, -0.25) is 9.69 Å². The summed E-state index contributed by atoms with van der Waals surface area (Å²) in [7, 11) is 0. The molecule has 6 nitrogen and oxygen atoms in total. The first-order chi connectivity index (χ1) is 15.1. The minimum absolute atomic E-state index is 0.0403. The van der Waals surface area contributed by atoms with Crippen molar-refractivity contribution in [2.75, 3.05) is 42.9 Å². The van der Waals surface area contributed by atoms with E-state index in [2.05, 4.69) is 15.1 Å². The van der Waals surface area contributed by atoms with E-state index >= 15 is 0 Å². The number of nitrogens with one attached hydrogen (secondary N) is 1. The summed E-state index contributed by atoms with van der Waals surface area (Å²) < 4.78 is 25.4. The lowest BCUT2D eigenvalue weighted by molar-refractivity contribution is -0.117. The third-order valence-corrected chi connectivity index (χ3v) is 6.37. The number of halogens is 1. The first kappa shape index (κ1) is 20.1. The molecule has 1 amide bonds. The van der Waals surface area contributed by atoms with Crippen molar-refractivity contribution in [1.29, 1.82) is 0 Å². The molecule has 0 atom stereocenters. The fourth-order valence-corrected chi connectivity index (χ4v) is 4.69. The third kappa shape index (κ3) is 4.46. The van der Waals surface area contributed by atoms with Crippen molar-refractivity contribution in [2.45, 2.75) is 37.9 Å². The molecule has 0 unspecified atom stereocenters. The Morgan fingerprint density at radius 3 is 2.39 bits per heavy atom. The molecule has 1 saturated carbocycles. The first-order valence-electron chi connectivity index (χ1n) is 11.1. The molecule has 1 N–H and O–H groups in total. The number of piperazine rings is 1. The predicted octanol–water partition coefficient (Wildman–Crippen LogP) is 4.02. The van der Waals surface area contributed by atoms with Gasteiger partial charge in [0.1, 0.15) is 5.82 Å². The molecule has 0 radical (unpaired) electrons. The number of hydrogen-bond donors (Lipinski definition) is 1. The molecule has 2 heterocycles. The summed E-state index contributed by atoms with van der Waals surface area (Å²) in [5, 5.41) is 2.99. The number of amides is 1. The number of rotatable bonds is 4. The molecule has 2 aromatic carbocycles. The van der Waals surface area contributed by atoms with Gasteiger partial charge in [0.05, 0.1) is 6.54 Å². The van der Waals surface area contributed by atoms with Crippen LogP contribution < -0.4 is 19.7 Å². The van der Waals surface area contributed by atoms with Crippen LogP contribution in [0.5, 0.6) is 11.5 Å². The Kier molecular flexibility index (Phi) is 5.44. The standard InChI is InChI=1S/C24H28FN3O3/c25-18-4-7-20(8-5-18)28-14-12-27(13-15-28)17-23(29)26-19-6-9-21-22(16-19)31-24(30-21)10-2-1-3-11-24/h4-9,16H,1-3,10-15,17H2,(H,26,29). The van der Waals surface area contributed by atoms with Crippen molar-refractivity contribution in [2.24, 2.45) is 0 Å². The number of ether oxygens (including phenoxy) is 2. The van der Waals surface area contributed by atoms with Gasteiger partial charge in [0.25, 0.3) is 5.79 Å². The van der Waals surface area contributed by atoms with E-state index in [9.17, 15) is 9.18 Å². The fraction of sp³-hybridized carbons (Fsp3) is 0.458. The van der Waals surface area contributed by atoms with Gasteiger partial charge in [-0.1, -0.05) is 6.42 Å². The lowest BCUT2D eigenvalue weighted by Gasteiger charge is -2.35. The predicted molar refractivity (Wildman–Crippen MR) is 117 cm³/mol. The summed E-state index contributed by atoms with van der Waals surface area (Å²) in [5.41, 5.74) is 1.74. The summed E-state index contributed by atoms with van der Waals surface area (Å²) in [6.45, 7) is 3.54. The highest BCUT2D eigenvalue weighted by molar-refractivity contribution is 5.92. The lowest BCUT2D eigenvalue weighted by atomic mass is 9.94. The van der Waals surface area contributed by atoms with Crippen LogP contribution in [0.25, 0.3) is 0 Å². The maximum absolute atomic E-state index is 13.1. The van der Waals surface area contributed by atoms with E-state index in [1.54, 1.807) is 12.1 Å². The van der Waals surface area contributed by atoms with Crippen molar-refractivity contribution < 1.29 is 18.7 Å². The number of fused-ring (bicyclic) bond motifs is 1. The molecule has 5 rings (SSSR count). The normalized spacial score (nSPS) is 20.1. The van der Waals surface area contributed by atoms with Gasteiger partial charge >= 0.3 is 0 Å². The molecular weight excluding hydrogens is 397 g/mol. The Labute approximate surface area is 181 Å². The SMILES string of the molecule is O=C(CN1CCN(c2ccc(F)cc2)CC1)Nc1ccc2c(c1)OC1(CCCCC1)O2. The van der Waals surface area contributed by atoms with E-state index in [-0.39, 0.29) is 11.7 Å². The van der Waals surface area contributed by atoms with Gasteiger partial charge in [-0.15, -0.1) is 0 Å². The summed E-state index contributed by atoms with van der Waals surface area (Å²) in [6.07, 6.45) is 5.28. The second kappa shape index (κ2) is 8.38. The zero-order chi connectivity index (χ0) is 21.3. The second-order valence-electron chi connectivity index (χ2n) is 8.62. The van der Waals surface area contributed by atoms with Crippen molar-refractivity contribution in [3.05, 3.63) is 48.3 Å². The summed E-state index contributed by atoms with van der Waals surface area (Å²) in [5.74, 6) is 0.704. The van der Waals surface area contributed by atoms with E-state index in [1.807, 2.05) is 18.2 Å². The molecule has 1 spiro atoms. The van der Waals surface area contributed by atoms with Crippen molar-refractivity contribution in [3.8, 4) is 11.5 Å². The van der Waals surface area contributed by atoms with E-state index in [0.29, 0.717) is 12.3 Å². The van der Waals surface area contributed by atoms with Crippen LogP contribution in [0.4, 0.5) is 15.8 Å². The molecule has 2 aliphatic heterocycles. The van der Waals surface area contributed by atoms with Crippen LogP contribution in [-0.4, -0.2) is 49.3 Å². The van der Waals surface area contributed by atoms with E-state index in [1.165, 1.54) is 18.6 Å². The van der Waals surface area contributed by atoms with E-state index in [0.717, 1.165) is 69.0 Å². The van der Waals surface area contributed by atoms with Gasteiger partial charge in [0.15, 0.2) is 11.5 Å². The molecule has 0 bridgehead atoms. The number of benzene rings is 2. The van der Waals surface area contributed by atoms with E-state index in [4.69, 9.17) is 9.47 Å². The van der Waals surface area contributed by atoms with Gasteiger partial charge in [0, 0.05) is 56.5 Å². The maximum Gasteiger partial charge on any atom is 0.251 e. The number of nitrogens with zero attached hydrogens (tertiary/aromatic N) is 2. The minimum atomic E-state index is -0.507. The van der Waals surface area contributed by atoms with Gasteiger partial charge < -0.3 is 19.7 Å². The van der Waals surface area contributed by atoms with Crippen LogP contribution in [0.2, 0.25) is 0 Å².